The fourth-order valence-electron chi connectivity index (χ4n) is 3.19. The van der Waals surface area contributed by atoms with Gasteiger partial charge in [-0.05, 0) is 48.9 Å². The fourth-order valence-corrected chi connectivity index (χ4v) is 3.60. The molecule has 0 aromatic heterocycles. The SMILES string of the molecule is NNC(Cc1cc(Br)ccc1F)C1CCCCCCC1. The molecule has 2 nitrogen and oxygen atoms in total. The molecule has 0 radical (unpaired) electrons. The quantitative estimate of drug-likeness (QED) is 0.631. The van der Waals surface area contributed by atoms with Crippen LogP contribution in [0.25, 0.3) is 0 Å². The first kappa shape index (κ1) is 15.9. The van der Waals surface area contributed by atoms with E-state index in [9.17, 15) is 4.39 Å². The van der Waals surface area contributed by atoms with Crippen molar-refractivity contribution in [1.82, 2.24) is 5.43 Å². The molecule has 0 spiro atoms. The number of nitrogens with two attached hydrogens (primary N) is 1. The van der Waals surface area contributed by atoms with E-state index in [2.05, 4.69) is 21.4 Å². The molecule has 3 N–H and O–H groups in total. The molecule has 1 atom stereocenters. The highest BCUT2D eigenvalue weighted by Crippen LogP contribution is 2.27. The van der Waals surface area contributed by atoms with Crippen LogP contribution in [0.4, 0.5) is 4.39 Å². The Hall–Kier alpha value is -0.450. The van der Waals surface area contributed by atoms with Crippen LogP contribution in [0.2, 0.25) is 0 Å². The van der Waals surface area contributed by atoms with Crippen LogP contribution in [0, 0.1) is 11.7 Å². The second-order valence-electron chi connectivity index (χ2n) is 5.82. The molecule has 4 heteroatoms. The molecule has 1 saturated carbocycles. The molecular formula is C16H24BrFN2. The number of nitrogens with one attached hydrogen (secondary N) is 1. The normalized spacial score (nSPS) is 19.4. The zero-order valence-corrected chi connectivity index (χ0v) is 13.5. The first-order valence-corrected chi connectivity index (χ1v) is 8.40. The monoisotopic (exact) mass is 342 g/mol. The van der Waals surface area contributed by atoms with E-state index < -0.39 is 0 Å². The first-order chi connectivity index (χ1) is 9.70. The highest BCUT2D eigenvalue weighted by molar-refractivity contribution is 9.10. The summed E-state index contributed by atoms with van der Waals surface area (Å²) in [5, 5.41) is 0. The third kappa shape index (κ3) is 4.54. The van der Waals surface area contributed by atoms with E-state index in [0.29, 0.717) is 12.3 Å². The molecule has 1 fully saturated rings. The number of hydrazine groups is 1. The zero-order chi connectivity index (χ0) is 14.4. The molecule has 0 heterocycles. The smallest absolute Gasteiger partial charge is 0.126 e. The Morgan fingerprint density at radius 2 is 1.85 bits per heavy atom. The van der Waals surface area contributed by atoms with Crippen molar-refractivity contribution in [1.29, 1.82) is 0 Å². The number of hydrogen-bond donors (Lipinski definition) is 2. The van der Waals surface area contributed by atoms with Gasteiger partial charge in [0, 0.05) is 10.5 Å². The van der Waals surface area contributed by atoms with Crippen molar-refractivity contribution in [3.05, 3.63) is 34.1 Å². The largest absolute Gasteiger partial charge is 0.271 e. The number of hydrogen-bond acceptors (Lipinski definition) is 2. The number of halogens is 2. The molecule has 1 aromatic rings. The summed E-state index contributed by atoms with van der Waals surface area (Å²) in [6.07, 6.45) is 9.58. The number of rotatable bonds is 4. The molecule has 0 amide bonds. The predicted molar refractivity (Wildman–Crippen MR) is 84.7 cm³/mol. The minimum Gasteiger partial charge on any atom is -0.271 e. The van der Waals surface area contributed by atoms with Crippen LogP contribution in [0.1, 0.15) is 50.5 Å². The minimum atomic E-state index is -0.140. The van der Waals surface area contributed by atoms with Gasteiger partial charge in [-0.1, -0.05) is 48.0 Å². The van der Waals surface area contributed by atoms with Gasteiger partial charge in [0.2, 0.25) is 0 Å². The first-order valence-electron chi connectivity index (χ1n) is 7.60. The molecule has 2 rings (SSSR count). The van der Waals surface area contributed by atoms with Gasteiger partial charge in [-0.15, -0.1) is 0 Å². The van der Waals surface area contributed by atoms with E-state index in [0.717, 1.165) is 10.0 Å². The van der Waals surface area contributed by atoms with Crippen molar-refractivity contribution in [2.75, 3.05) is 0 Å². The highest BCUT2D eigenvalue weighted by atomic mass is 79.9. The highest BCUT2D eigenvalue weighted by Gasteiger charge is 2.22. The van der Waals surface area contributed by atoms with Crippen molar-refractivity contribution in [2.45, 2.75) is 57.4 Å². The summed E-state index contributed by atoms with van der Waals surface area (Å²) in [5.41, 5.74) is 3.67. The molecule has 20 heavy (non-hydrogen) atoms. The average molecular weight is 343 g/mol. The third-order valence-corrected chi connectivity index (χ3v) is 4.87. The summed E-state index contributed by atoms with van der Waals surface area (Å²) < 4.78 is 14.8. The second kappa shape index (κ2) is 8.11. The Balaban J connectivity index is 2.04. The lowest BCUT2D eigenvalue weighted by atomic mass is 9.83. The molecule has 0 bridgehead atoms. The van der Waals surface area contributed by atoms with Gasteiger partial charge in [0.05, 0.1) is 0 Å². The Bertz CT molecular complexity index is 417. The van der Waals surface area contributed by atoms with Gasteiger partial charge in [0.15, 0.2) is 0 Å². The Kier molecular flexibility index (Phi) is 6.46. The lowest BCUT2D eigenvalue weighted by Gasteiger charge is -2.28. The maximum absolute atomic E-state index is 13.9. The van der Waals surface area contributed by atoms with Crippen molar-refractivity contribution in [3.63, 3.8) is 0 Å². The summed E-state index contributed by atoms with van der Waals surface area (Å²) in [7, 11) is 0. The topological polar surface area (TPSA) is 38.0 Å². The summed E-state index contributed by atoms with van der Waals surface area (Å²) in [6, 6.07) is 5.28. The van der Waals surface area contributed by atoms with Crippen molar-refractivity contribution in [2.24, 2.45) is 11.8 Å². The Labute approximate surface area is 129 Å². The summed E-state index contributed by atoms with van der Waals surface area (Å²) in [6.45, 7) is 0. The van der Waals surface area contributed by atoms with E-state index in [1.807, 2.05) is 6.07 Å². The fraction of sp³-hybridized carbons (Fsp3) is 0.625. The third-order valence-electron chi connectivity index (χ3n) is 4.38. The molecule has 0 saturated heterocycles. The van der Waals surface area contributed by atoms with Gasteiger partial charge in [-0.2, -0.15) is 0 Å². The summed E-state index contributed by atoms with van der Waals surface area (Å²) in [4.78, 5) is 0. The van der Waals surface area contributed by atoms with Gasteiger partial charge in [-0.3, -0.25) is 11.3 Å². The van der Waals surface area contributed by atoms with Crippen LogP contribution in [-0.2, 0) is 6.42 Å². The Morgan fingerprint density at radius 3 is 2.50 bits per heavy atom. The lowest BCUT2D eigenvalue weighted by molar-refractivity contribution is 0.283. The predicted octanol–water partition coefficient (Wildman–Crippen LogP) is 4.32. The summed E-state index contributed by atoms with van der Waals surface area (Å²) >= 11 is 3.41. The van der Waals surface area contributed by atoms with Crippen LogP contribution >= 0.6 is 15.9 Å². The van der Waals surface area contributed by atoms with Crippen molar-refractivity contribution < 1.29 is 4.39 Å². The molecule has 0 aliphatic heterocycles. The van der Waals surface area contributed by atoms with Gasteiger partial charge in [0.1, 0.15) is 5.82 Å². The van der Waals surface area contributed by atoms with Gasteiger partial charge in [0.25, 0.3) is 0 Å². The lowest BCUT2D eigenvalue weighted by Crippen LogP contribution is -2.43. The van der Waals surface area contributed by atoms with E-state index in [4.69, 9.17) is 5.84 Å². The van der Waals surface area contributed by atoms with Crippen molar-refractivity contribution >= 4 is 15.9 Å². The second-order valence-corrected chi connectivity index (χ2v) is 6.73. The van der Waals surface area contributed by atoms with Crippen LogP contribution in [-0.4, -0.2) is 6.04 Å². The molecular weight excluding hydrogens is 319 g/mol. The Morgan fingerprint density at radius 1 is 1.20 bits per heavy atom. The molecule has 1 aliphatic carbocycles. The van der Waals surface area contributed by atoms with E-state index in [1.165, 1.54) is 51.0 Å². The minimum absolute atomic E-state index is 0.140. The van der Waals surface area contributed by atoms with E-state index in [-0.39, 0.29) is 11.9 Å². The number of benzene rings is 1. The van der Waals surface area contributed by atoms with Gasteiger partial charge >= 0.3 is 0 Å². The van der Waals surface area contributed by atoms with Crippen LogP contribution in [0.3, 0.4) is 0 Å². The maximum atomic E-state index is 13.9. The van der Waals surface area contributed by atoms with Gasteiger partial charge in [-0.25, -0.2) is 4.39 Å². The van der Waals surface area contributed by atoms with E-state index in [1.54, 1.807) is 6.07 Å². The summed E-state index contributed by atoms with van der Waals surface area (Å²) in [5.74, 6) is 6.16. The molecule has 1 aromatic carbocycles. The standard InChI is InChI=1S/C16H24BrFN2/c17-14-8-9-15(18)13(10-14)11-16(20-19)12-6-4-2-1-3-5-7-12/h8-10,12,16,20H,1-7,11,19H2. The molecule has 1 unspecified atom stereocenters. The molecule has 1 aliphatic rings. The maximum Gasteiger partial charge on any atom is 0.126 e. The van der Waals surface area contributed by atoms with Gasteiger partial charge < -0.3 is 0 Å². The average Bonchev–Trinajstić information content (AvgIpc) is 2.40. The van der Waals surface area contributed by atoms with Crippen LogP contribution in [0.15, 0.2) is 22.7 Å². The molecule has 112 valence electrons. The van der Waals surface area contributed by atoms with Crippen LogP contribution in [0.5, 0.6) is 0 Å². The van der Waals surface area contributed by atoms with E-state index >= 15 is 0 Å². The van der Waals surface area contributed by atoms with Crippen molar-refractivity contribution in [3.8, 4) is 0 Å². The van der Waals surface area contributed by atoms with Crippen LogP contribution < -0.4 is 11.3 Å². The zero-order valence-electron chi connectivity index (χ0n) is 11.9.